The van der Waals surface area contributed by atoms with Crippen LogP contribution in [0.5, 0.6) is 5.75 Å². The zero-order valence-electron chi connectivity index (χ0n) is 19.8. The van der Waals surface area contributed by atoms with Gasteiger partial charge in [-0.15, -0.1) is 0 Å². The van der Waals surface area contributed by atoms with E-state index in [4.69, 9.17) is 9.47 Å². The van der Waals surface area contributed by atoms with Crippen LogP contribution >= 0.6 is 0 Å². The fourth-order valence-corrected chi connectivity index (χ4v) is 4.65. The summed E-state index contributed by atoms with van der Waals surface area (Å²) in [5.74, 6) is -0.323. The van der Waals surface area contributed by atoms with Gasteiger partial charge in [0.1, 0.15) is 5.75 Å². The molecule has 0 radical (unpaired) electrons. The van der Waals surface area contributed by atoms with Gasteiger partial charge in [-0.25, -0.2) is 8.42 Å². The number of rotatable bonds is 10. The minimum atomic E-state index is -3.80. The van der Waals surface area contributed by atoms with E-state index in [1.165, 1.54) is 42.7 Å². The SMILES string of the molecule is CCOC(=O)CC(NC(=O)c1ccc(S(=O)(=O)N(C)c2ccccc2)cc1)c1cccc(OC)c1. The summed E-state index contributed by atoms with van der Waals surface area (Å²) in [6.45, 7) is 1.94. The van der Waals surface area contributed by atoms with E-state index in [0.717, 1.165) is 0 Å². The number of nitrogens with zero attached hydrogens (tertiary/aromatic N) is 1. The van der Waals surface area contributed by atoms with Gasteiger partial charge in [0.2, 0.25) is 0 Å². The smallest absolute Gasteiger partial charge is 0.308 e. The Morgan fingerprint density at radius 2 is 1.66 bits per heavy atom. The fourth-order valence-electron chi connectivity index (χ4n) is 3.45. The second-order valence-corrected chi connectivity index (χ2v) is 9.61. The van der Waals surface area contributed by atoms with Gasteiger partial charge in [-0.3, -0.25) is 13.9 Å². The molecule has 0 aliphatic heterocycles. The van der Waals surface area contributed by atoms with Crippen LogP contribution in [0.3, 0.4) is 0 Å². The molecule has 184 valence electrons. The van der Waals surface area contributed by atoms with Gasteiger partial charge in [0, 0.05) is 12.6 Å². The Morgan fingerprint density at radius 3 is 2.29 bits per heavy atom. The Balaban J connectivity index is 1.80. The van der Waals surface area contributed by atoms with Crippen LogP contribution in [-0.2, 0) is 19.6 Å². The van der Waals surface area contributed by atoms with Crippen molar-refractivity contribution in [3.05, 3.63) is 90.0 Å². The summed E-state index contributed by atoms with van der Waals surface area (Å²) in [6.07, 6.45) is -0.0684. The lowest BCUT2D eigenvalue weighted by Gasteiger charge is -2.20. The normalized spacial score (nSPS) is 11.9. The Hall–Kier alpha value is -3.85. The number of hydrogen-bond donors (Lipinski definition) is 1. The molecule has 0 bridgehead atoms. The number of esters is 1. The minimum absolute atomic E-state index is 0.0521. The number of hydrogen-bond acceptors (Lipinski definition) is 6. The zero-order chi connectivity index (χ0) is 25.4. The van der Waals surface area contributed by atoms with Crippen LogP contribution < -0.4 is 14.4 Å². The number of benzene rings is 3. The molecule has 0 spiro atoms. The first-order valence-electron chi connectivity index (χ1n) is 11.0. The predicted octanol–water partition coefficient (Wildman–Crippen LogP) is 3.94. The topological polar surface area (TPSA) is 102 Å². The van der Waals surface area contributed by atoms with Crippen molar-refractivity contribution < 1.29 is 27.5 Å². The number of ether oxygens (including phenoxy) is 2. The molecule has 0 saturated heterocycles. The molecule has 1 unspecified atom stereocenters. The standard InChI is InChI=1S/C26H28N2O6S/c1-4-34-25(29)18-24(20-9-8-12-22(17-20)33-3)27-26(30)19-13-15-23(16-14-19)35(31,32)28(2)21-10-6-5-7-11-21/h5-17,24H,4,18H2,1-3H3,(H,27,30). The minimum Gasteiger partial charge on any atom is -0.497 e. The lowest BCUT2D eigenvalue weighted by atomic mass is 10.0. The summed E-state index contributed by atoms with van der Waals surface area (Å²) in [6, 6.07) is 20.7. The van der Waals surface area contributed by atoms with E-state index in [1.54, 1.807) is 61.5 Å². The van der Waals surface area contributed by atoms with Gasteiger partial charge in [0.25, 0.3) is 15.9 Å². The Morgan fingerprint density at radius 1 is 0.971 bits per heavy atom. The number of para-hydroxylation sites is 1. The van der Waals surface area contributed by atoms with Crippen molar-refractivity contribution in [1.29, 1.82) is 0 Å². The highest BCUT2D eigenvalue weighted by molar-refractivity contribution is 7.92. The molecule has 3 aromatic rings. The van der Waals surface area contributed by atoms with Gasteiger partial charge in [0.05, 0.1) is 36.8 Å². The zero-order valence-corrected chi connectivity index (χ0v) is 20.6. The third kappa shape index (κ3) is 6.39. The van der Waals surface area contributed by atoms with Crippen LogP contribution in [0.1, 0.15) is 35.3 Å². The van der Waals surface area contributed by atoms with Crippen LogP contribution in [0.25, 0.3) is 0 Å². The molecule has 0 fully saturated rings. The average molecular weight is 497 g/mol. The van der Waals surface area contributed by atoms with Crippen LogP contribution in [0.15, 0.2) is 83.8 Å². The largest absolute Gasteiger partial charge is 0.497 e. The van der Waals surface area contributed by atoms with Crippen molar-refractivity contribution >= 4 is 27.6 Å². The van der Waals surface area contributed by atoms with Crippen molar-refractivity contribution in [2.75, 3.05) is 25.1 Å². The quantitative estimate of drug-likeness (QED) is 0.427. The first kappa shape index (κ1) is 25.8. The van der Waals surface area contributed by atoms with Gasteiger partial charge in [0.15, 0.2) is 0 Å². The number of methoxy groups -OCH3 is 1. The van der Waals surface area contributed by atoms with Gasteiger partial charge in [-0.1, -0.05) is 30.3 Å². The second-order valence-electron chi connectivity index (χ2n) is 7.64. The maximum atomic E-state index is 13.0. The summed E-state index contributed by atoms with van der Waals surface area (Å²) in [5, 5.41) is 2.84. The lowest BCUT2D eigenvalue weighted by Crippen LogP contribution is -2.31. The van der Waals surface area contributed by atoms with Gasteiger partial charge < -0.3 is 14.8 Å². The molecule has 1 amide bonds. The average Bonchev–Trinajstić information content (AvgIpc) is 2.88. The summed E-state index contributed by atoms with van der Waals surface area (Å²) < 4.78 is 37.5. The number of carbonyl (C=O) groups excluding carboxylic acids is 2. The Bertz CT molecular complexity index is 1260. The summed E-state index contributed by atoms with van der Waals surface area (Å²) in [7, 11) is -0.802. The first-order valence-corrected chi connectivity index (χ1v) is 12.4. The molecule has 3 rings (SSSR count). The van der Waals surface area contributed by atoms with Crippen molar-refractivity contribution in [2.24, 2.45) is 0 Å². The number of carbonyl (C=O) groups is 2. The maximum Gasteiger partial charge on any atom is 0.308 e. The van der Waals surface area contributed by atoms with E-state index >= 15 is 0 Å². The van der Waals surface area contributed by atoms with E-state index in [1.807, 2.05) is 0 Å². The van der Waals surface area contributed by atoms with Crippen molar-refractivity contribution in [1.82, 2.24) is 5.32 Å². The molecule has 8 nitrogen and oxygen atoms in total. The molecule has 1 atom stereocenters. The first-order chi connectivity index (χ1) is 16.8. The van der Waals surface area contributed by atoms with Gasteiger partial charge in [-0.2, -0.15) is 0 Å². The molecule has 0 aliphatic carbocycles. The van der Waals surface area contributed by atoms with Crippen LogP contribution in [-0.4, -0.2) is 41.1 Å². The molecule has 0 saturated carbocycles. The monoisotopic (exact) mass is 496 g/mol. The van der Waals surface area contributed by atoms with Crippen LogP contribution in [0.2, 0.25) is 0 Å². The van der Waals surface area contributed by atoms with Gasteiger partial charge >= 0.3 is 5.97 Å². The third-order valence-corrected chi connectivity index (χ3v) is 7.17. The van der Waals surface area contributed by atoms with Gasteiger partial charge in [-0.05, 0) is 61.0 Å². The highest BCUT2D eigenvalue weighted by Gasteiger charge is 2.23. The molecular formula is C26H28N2O6S. The summed E-state index contributed by atoms with van der Waals surface area (Å²) in [4.78, 5) is 25.2. The van der Waals surface area contributed by atoms with E-state index in [2.05, 4.69) is 5.32 Å². The van der Waals surface area contributed by atoms with Crippen molar-refractivity contribution in [3.63, 3.8) is 0 Å². The summed E-state index contributed by atoms with van der Waals surface area (Å²) >= 11 is 0. The summed E-state index contributed by atoms with van der Waals surface area (Å²) in [5.41, 5.74) is 1.45. The molecule has 3 aromatic carbocycles. The van der Waals surface area contributed by atoms with Crippen LogP contribution in [0, 0.1) is 0 Å². The molecule has 35 heavy (non-hydrogen) atoms. The molecule has 0 heterocycles. The molecule has 0 aromatic heterocycles. The lowest BCUT2D eigenvalue weighted by molar-refractivity contribution is -0.143. The van der Waals surface area contributed by atoms with E-state index in [-0.39, 0.29) is 23.5 Å². The highest BCUT2D eigenvalue weighted by Crippen LogP contribution is 2.24. The number of anilines is 1. The number of nitrogens with one attached hydrogen (secondary N) is 1. The number of amides is 1. The third-order valence-electron chi connectivity index (χ3n) is 5.37. The predicted molar refractivity (Wildman–Crippen MR) is 133 cm³/mol. The van der Waals surface area contributed by atoms with E-state index < -0.39 is 27.9 Å². The van der Waals surface area contributed by atoms with Crippen molar-refractivity contribution in [2.45, 2.75) is 24.3 Å². The van der Waals surface area contributed by atoms with Crippen LogP contribution in [0.4, 0.5) is 5.69 Å². The van der Waals surface area contributed by atoms with E-state index in [9.17, 15) is 18.0 Å². The number of sulfonamides is 1. The maximum absolute atomic E-state index is 13.0. The molecule has 1 N–H and O–H groups in total. The fraction of sp³-hybridized carbons (Fsp3) is 0.231. The van der Waals surface area contributed by atoms with Crippen molar-refractivity contribution in [3.8, 4) is 5.75 Å². The molecular weight excluding hydrogens is 468 g/mol. The Labute approximate surface area is 205 Å². The second kappa shape index (κ2) is 11.5. The molecule has 9 heteroatoms. The van der Waals surface area contributed by atoms with E-state index in [0.29, 0.717) is 17.0 Å². The molecule has 0 aliphatic rings. The Kier molecular flexibility index (Phi) is 8.48. The highest BCUT2D eigenvalue weighted by atomic mass is 32.2.